The van der Waals surface area contributed by atoms with E-state index in [9.17, 15) is 18.0 Å². The molecule has 2 nitrogen and oxygen atoms in total. The molecule has 0 radical (unpaired) electrons. The Balaban J connectivity index is 0. The summed E-state index contributed by atoms with van der Waals surface area (Å²) in [5.74, 6) is 2.65. The van der Waals surface area contributed by atoms with E-state index in [-0.39, 0.29) is 6.54 Å². The lowest BCUT2D eigenvalue weighted by Gasteiger charge is -2.03. The van der Waals surface area contributed by atoms with E-state index >= 15 is 0 Å². The van der Waals surface area contributed by atoms with Crippen LogP contribution in [0, 0.1) is 11.8 Å². The highest BCUT2D eigenvalue weighted by atomic mass is 19.4. The Bertz CT molecular complexity index is 200. The average molecular weight is 195 g/mol. The third-order valence-electron chi connectivity index (χ3n) is 0.772. The van der Waals surface area contributed by atoms with Gasteiger partial charge >= 0.3 is 12.1 Å². The molecule has 5 heteroatoms. The first-order valence-corrected chi connectivity index (χ1v) is 3.73. The highest BCUT2D eigenvalue weighted by Crippen LogP contribution is 2.13. The third kappa shape index (κ3) is 8.73. The number of halogens is 3. The van der Waals surface area contributed by atoms with Crippen molar-refractivity contribution in [1.82, 2.24) is 5.32 Å². The van der Waals surface area contributed by atoms with Crippen molar-refractivity contribution >= 4 is 5.91 Å². The number of hydrogen-bond acceptors (Lipinski definition) is 1. The molecular formula is C8H12F3NO. The maximum Gasteiger partial charge on any atom is 0.471 e. The second-order valence-corrected chi connectivity index (χ2v) is 1.61. The predicted molar refractivity (Wildman–Crippen MR) is 43.9 cm³/mol. The lowest BCUT2D eigenvalue weighted by molar-refractivity contribution is -0.173. The third-order valence-corrected chi connectivity index (χ3v) is 0.772. The first-order chi connectivity index (χ1) is 5.98. The Morgan fingerprint density at radius 2 is 1.85 bits per heavy atom. The number of hydrogen-bond donors (Lipinski definition) is 1. The minimum absolute atomic E-state index is 0.269. The zero-order valence-electron chi connectivity index (χ0n) is 7.75. The molecule has 0 aromatic rings. The van der Waals surface area contributed by atoms with Crippen LogP contribution in [0.3, 0.4) is 0 Å². The largest absolute Gasteiger partial charge is 0.471 e. The van der Waals surface area contributed by atoms with Gasteiger partial charge < -0.3 is 5.32 Å². The van der Waals surface area contributed by atoms with Crippen molar-refractivity contribution in [1.29, 1.82) is 0 Å². The number of rotatable bonds is 1. The number of carbonyl (C=O) groups excluding carboxylic acids is 1. The Hall–Kier alpha value is -1.18. The molecule has 0 aliphatic heterocycles. The maximum atomic E-state index is 11.4. The maximum absolute atomic E-state index is 11.4. The molecular weight excluding hydrogens is 183 g/mol. The normalized spacial score (nSPS) is 8.77. The molecule has 0 atom stereocenters. The van der Waals surface area contributed by atoms with Gasteiger partial charge in [-0.1, -0.05) is 19.8 Å². The van der Waals surface area contributed by atoms with E-state index in [1.54, 1.807) is 5.32 Å². The van der Waals surface area contributed by atoms with Crippen LogP contribution in [0.2, 0.25) is 0 Å². The van der Waals surface area contributed by atoms with Crippen LogP contribution in [0.15, 0.2) is 0 Å². The molecule has 0 bridgehead atoms. The monoisotopic (exact) mass is 195 g/mol. The molecule has 1 amide bonds. The van der Waals surface area contributed by atoms with Gasteiger partial charge in [-0.15, -0.1) is 5.92 Å². The molecule has 0 aliphatic rings. The molecule has 13 heavy (non-hydrogen) atoms. The van der Waals surface area contributed by atoms with Gasteiger partial charge in [0, 0.05) is 0 Å². The lowest BCUT2D eigenvalue weighted by Crippen LogP contribution is -2.36. The van der Waals surface area contributed by atoms with Gasteiger partial charge in [-0.3, -0.25) is 4.79 Å². The van der Waals surface area contributed by atoms with Crippen molar-refractivity contribution in [2.45, 2.75) is 26.9 Å². The van der Waals surface area contributed by atoms with Crippen LogP contribution < -0.4 is 5.32 Å². The average Bonchev–Trinajstić information content (AvgIpc) is 2.07. The van der Waals surface area contributed by atoms with E-state index in [1.807, 2.05) is 13.8 Å². The Labute approximate surface area is 75.5 Å². The predicted octanol–water partition coefficient (Wildman–Crippen LogP) is 1.71. The molecule has 0 unspecified atom stereocenters. The van der Waals surface area contributed by atoms with E-state index in [2.05, 4.69) is 11.8 Å². The fourth-order valence-corrected chi connectivity index (χ4v) is 0.313. The first kappa shape index (κ1) is 14.3. The quantitative estimate of drug-likeness (QED) is 0.634. The summed E-state index contributed by atoms with van der Waals surface area (Å²) in [6.45, 7) is 5.20. The number of amides is 1. The Morgan fingerprint density at radius 3 is 2.15 bits per heavy atom. The Morgan fingerprint density at radius 1 is 1.38 bits per heavy atom. The van der Waals surface area contributed by atoms with Gasteiger partial charge in [0.25, 0.3) is 0 Å². The summed E-state index contributed by atoms with van der Waals surface area (Å²) < 4.78 is 34.2. The smallest absolute Gasteiger partial charge is 0.337 e. The molecule has 76 valence electrons. The molecule has 0 aromatic carbocycles. The standard InChI is InChI=1S/C6H6F3NO.C2H6/c1-2-3-4-10-5(11)6(7,8)9;1-2/h4H2,1H3,(H,10,11);1-2H3. The summed E-state index contributed by atoms with van der Waals surface area (Å²) in [7, 11) is 0. The summed E-state index contributed by atoms with van der Waals surface area (Å²) in [6.07, 6.45) is -4.81. The zero-order chi connectivity index (χ0) is 10.9. The topological polar surface area (TPSA) is 29.1 Å². The van der Waals surface area contributed by atoms with Crippen LogP contribution in [0.1, 0.15) is 20.8 Å². The molecule has 0 heterocycles. The molecule has 0 fully saturated rings. The van der Waals surface area contributed by atoms with Crippen molar-refractivity contribution in [3.8, 4) is 11.8 Å². The van der Waals surface area contributed by atoms with Gasteiger partial charge in [0.15, 0.2) is 0 Å². The van der Waals surface area contributed by atoms with Crippen LogP contribution in [0.4, 0.5) is 13.2 Å². The SMILES string of the molecule is CC.CC#CCNC(=O)C(F)(F)F. The van der Waals surface area contributed by atoms with Crippen molar-refractivity contribution < 1.29 is 18.0 Å². The van der Waals surface area contributed by atoms with Gasteiger partial charge in [-0.25, -0.2) is 0 Å². The van der Waals surface area contributed by atoms with Crippen LogP contribution in [-0.4, -0.2) is 18.6 Å². The molecule has 0 aliphatic carbocycles. The molecule has 0 aromatic heterocycles. The molecule has 0 spiro atoms. The van der Waals surface area contributed by atoms with E-state index in [4.69, 9.17) is 0 Å². The van der Waals surface area contributed by atoms with Gasteiger partial charge in [0.05, 0.1) is 6.54 Å². The van der Waals surface area contributed by atoms with Gasteiger partial charge in [0.2, 0.25) is 0 Å². The number of carbonyl (C=O) groups is 1. The number of alkyl halides is 3. The first-order valence-electron chi connectivity index (χ1n) is 3.73. The second-order valence-electron chi connectivity index (χ2n) is 1.61. The lowest BCUT2D eigenvalue weighted by atomic mass is 10.5. The Kier molecular flexibility index (Phi) is 8.24. The molecule has 0 saturated carbocycles. The van der Waals surface area contributed by atoms with Gasteiger partial charge in [-0.05, 0) is 6.92 Å². The van der Waals surface area contributed by atoms with E-state index in [0.717, 1.165) is 0 Å². The highest BCUT2D eigenvalue weighted by Gasteiger charge is 2.37. The van der Waals surface area contributed by atoms with Crippen molar-refractivity contribution in [2.75, 3.05) is 6.54 Å². The summed E-state index contributed by atoms with van der Waals surface area (Å²) in [5, 5.41) is 1.59. The van der Waals surface area contributed by atoms with E-state index in [0.29, 0.717) is 0 Å². The molecule has 0 rings (SSSR count). The summed E-state index contributed by atoms with van der Waals surface area (Å²) >= 11 is 0. The van der Waals surface area contributed by atoms with Crippen molar-refractivity contribution in [3.63, 3.8) is 0 Å². The van der Waals surface area contributed by atoms with Crippen molar-refractivity contribution in [2.24, 2.45) is 0 Å². The van der Waals surface area contributed by atoms with E-state index < -0.39 is 12.1 Å². The van der Waals surface area contributed by atoms with Crippen LogP contribution in [0.25, 0.3) is 0 Å². The van der Waals surface area contributed by atoms with Gasteiger partial charge in [-0.2, -0.15) is 13.2 Å². The highest BCUT2D eigenvalue weighted by molar-refractivity contribution is 5.81. The summed E-state index contributed by atoms with van der Waals surface area (Å²) in [5.41, 5.74) is 0. The van der Waals surface area contributed by atoms with Crippen LogP contribution in [0.5, 0.6) is 0 Å². The fourth-order valence-electron chi connectivity index (χ4n) is 0.313. The zero-order valence-corrected chi connectivity index (χ0v) is 7.75. The second kappa shape index (κ2) is 7.47. The van der Waals surface area contributed by atoms with E-state index in [1.165, 1.54) is 6.92 Å². The molecule has 0 saturated heterocycles. The van der Waals surface area contributed by atoms with Crippen molar-refractivity contribution in [3.05, 3.63) is 0 Å². The summed E-state index contributed by atoms with van der Waals surface area (Å²) in [4.78, 5) is 10.0. The van der Waals surface area contributed by atoms with Gasteiger partial charge in [0.1, 0.15) is 0 Å². The minimum Gasteiger partial charge on any atom is -0.337 e. The number of nitrogens with one attached hydrogen (secondary N) is 1. The summed E-state index contributed by atoms with van der Waals surface area (Å²) in [6, 6.07) is 0. The van der Waals surface area contributed by atoms with Crippen LogP contribution >= 0.6 is 0 Å². The van der Waals surface area contributed by atoms with Crippen LogP contribution in [-0.2, 0) is 4.79 Å². The fraction of sp³-hybridized carbons (Fsp3) is 0.625. The minimum atomic E-state index is -4.81. The molecule has 1 N–H and O–H groups in total.